The Morgan fingerprint density at radius 3 is 2.80 bits per heavy atom. The Balaban J connectivity index is 1.51. The van der Waals surface area contributed by atoms with Crippen LogP contribution in [0.2, 0.25) is 0 Å². The van der Waals surface area contributed by atoms with Crippen molar-refractivity contribution in [3.63, 3.8) is 0 Å². The molecule has 5 heterocycles. The molecule has 0 saturated carbocycles. The third kappa shape index (κ3) is 3.32. The monoisotopic (exact) mass is 415 g/mol. The Morgan fingerprint density at radius 1 is 1.23 bits per heavy atom. The number of rotatable bonds is 5. The van der Waals surface area contributed by atoms with Crippen LogP contribution in [0, 0.1) is 0 Å². The van der Waals surface area contributed by atoms with Crippen LogP contribution in [0.1, 0.15) is 25.8 Å². The summed E-state index contributed by atoms with van der Waals surface area (Å²) >= 11 is 0. The molecule has 0 spiro atoms. The van der Waals surface area contributed by atoms with Crippen molar-refractivity contribution in [3.05, 3.63) is 12.5 Å². The number of hydrogen-bond acceptors (Lipinski definition) is 8. The SMILES string of the molecule is CCn1cnc2c(Nc3cn(C4CCN(C)C4)nc3O)nc(N3CCC(F)C3)nc21. The Morgan fingerprint density at radius 2 is 2.10 bits per heavy atom. The van der Waals surface area contributed by atoms with E-state index in [1.165, 1.54) is 0 Å². The maximum atomic E-state index is 13.8. The molecule has 2 N–H and O–H groups in total. The van der Waals surface area contributed by atoms with E-state index in [4.69, 9.17) is 0 Å². The van der Waals surface area contributed by atoms with Gasteiger partial charge in [-0.3, -0.25) is 4.68 Å². The van der Waals surface area contributed by atoms with Gasteiger partial charge in [0.25, 0.3) is 5.88 Å². The summed E-state index contributed by atoms with van der Waals surface area (Å²) in [5.41, 5.74) is 1.74. The minimum atomic E-state index is -0.872. The zero-order valence-corrected chi connectivity index (χ0v) is 17.2. The van der Waals surface area contributed by atoms with Crippen molar-refractivity contribution in [3.8, 4) is 5.88 Å². The van der Waals surface area contributed by atoms with Crippen LogP contribution in [0.25, 0.3) is 11.2 Å². The number of hydrogen-bond donors (Lipinski definition) is 2. The molecule has 0 amide bonds. The molecule has 11 heteroatoms. The molecule has 2 unspecified atom stereocenters. The zero-order chi connectivity index (χ0) is 20.8. The fourth-order valence-electron chi connectivity index (χ4n) is 4.20. The number of nitrogens with zero attached hydrogens (tertiary/aromatic N) is 8. The van der Waals surface area contributed by atoms with Gasteiger partial charge in [0.15, 0.2) is 17.0 Å². The molecule has 3 aromatic rings. The molecule has 2 aliphatic heterocycles. The molecule has 10 nitrogen and oxygen atoms in total. The number of fused-ring (bicyclic) bond motifs is 1. The second-order valence-corrected chi connectivity index (χ2v) is 8.08. The third-order valence-corrected chi connectivity index (χ3v) is 5.91. The van der Waals surface area contributed by atoms with Crippen LogP contribution < -0.4 is 10.2 Å². The number of imidazole rings is 1. The van der Waals surface area contributed by atoms with E-state index in [0.29, 0.717) is 48.1 Å². The van der Waals surface area contributed by atoms with E-state index in [-0.39, 0.29) is 18.5 Å². The summed E-state index contributed by atoms with van der Waals surface area (Å²) in [5, 5.41) is 17.9. The number of aromatic hydroxyl groups is 1. The van der Waals surface area contributed by atoms with Gasteiger partial charge in [0.2, 0.25) is 5.95 Å². The van der Waals surface area contributed by atoms with Gasteiger partial charge in [0, 0.05) is 19.6 Å². The van der Waals surface area contributed by atoms with Gasteiger partial charge in [-0.05, 0) is 33.4 Å². The molecule has 0 bridgehead atoms. The summed E-state index contributed by atoms with van der Waals surface area (Å²) in [4.78, 5) is 17.8. The number of aryl methyl sites for hydroxylation is 1. The van der Waals surface area contributed by atoms with E-state index >= 15 is 0 Å². The number of likely N-dealkylation sites (N-methyl/N-ethyl adjacent to an activating group) is 1. The average molecular weight is 415 g/mol. The minimum Gasteiger partial charge on any atom is -0.491 e. The molecule has 2 atom stereocenters. The predicted octanol–water partition coefficient (Wildman–Crippen LogP) is 1.92. The van der Waals surface area contributed by atoms with E-state index in [1.807, 2.05) is 16.4 Å². The van der Waals surface area contributed by atoms with Crippen molar-refractivity contribution < 1.29 is 9.50 Å². The molecule has 0 radical (unpaired) electrons. The first kappa shape index (κ1) is 19.0. The Hall–Kier alpha value is -2.95. The van der Waals surface area contributed by atoms with Gasteiger partial charge in [0.1, 0.15) is 11.9 Å². The second kappa shape index (κ2) is 7.38. The van der Waals surface area contributed by atoms with Crippen molar-refractivity contribution in [1.82, 2.24) is 34.2 Å². The second-order valence-electron chi connectivity index (χ2n) is 8.08. The fourth-order valence-corrected chi connectivity index (χ4v) is 4.20. The zero-order valence-electron chi connectivity index (χ0n) is 17.2. The van der Waals surface area contributed by atoms with Crippen molar-refractivity contribution in [2.75, 3.05) is 43.4 Å². The first-order valence-electron chi connectivity index (χ1n) is 10.4. The summed E-state index contributed by atoms with van der Waals surface area (Å²) in [5.74, 6) is 0.852. The number of likely N-dealkylation sites (tertiary alicyclic amines) is 1. The number of alkyl halides is 1. The highest BCUT2D eigenvalue weighted by Gasteiger charge is 2.27. The molecule has 0 aliphatic carbocycles. The Labute approximate surface area is 173 Å². The smallest absolute Gasteiger partial charge is 0.254 e. The van der Waals surface area contributed by atoms with Crippen LogP contribution >= 0.6 is 0 Å². The van der Waals surface area contributed by atoms with E-state index in [0.717, 1.165) is 19.5 Å². The molecule has 2 fully saturated rings. The first-order chi connectivity index (χ1) is 14.5. The maximum Gasteiger partial charge on any atom is 0.254 e. The van der Waals surface area contributed by atoms with E-state index < -0.39 is 6.17 Å². The van der Waals surface area contributed by atoms with Crippen LogP contribution in [0.15, 0.2) is 12.5 Å². The average Bonchev–Trinajstić information content (AvgIpc) is 3.49. The standard InChI is InChI=1S/C19H26FN9O/c1-3-27-11-21-15-16(23-19(24-17(15)27)28-7-4-12(20)8-28)22-14-10-29(25-18(14)30)13-5-6-26(2)9-13/h10-13H,3-9H2,1-2H3,(H,25,30)(H,22,23,24). The van der Waals surface area contributed by atoms with E-state index in [2.05, 4.69) is 37.3 Å². The molecule has 5 rings (SSSR count). The lowest BCUT2D eigenvalue weighted by molar-refractivity contribution is 0.364. The first-order valence-corrected chi connectivity index (χ1v) is 10.4. The molecule has 3 aromatic heterocycles. The van der Waals surface area contributed by atoms with Crippen molar-refractivity contribution in [2.24, 2.45) is 0 Å². The van der Waals surface area contributed by atoms with E-state index in [1.54, 1.807) is 17.2 Å². The number of aromatic nitrogens is 6. The third-order valence-electron chi connectivity index (χ3n) is 5.91. The minimum absolute atomic E-state index is 0.0854. The van der Waals surface area contributed by atoms with E-state index in [9.17, 15) is 9.50 Å². The quantitative estimate of drug-likeness (QED) is 0.652. The summed E-state index contributed by atoms with van der Waals surface area (Å²) in [6, 6.07) is 0.225. The molecule has 0 aromatic carbocycles. The van der Waals surface area contributed by atoms with Crippen molar-refractivity contribution in [2.45, 2.75) is 38.5 Å². The Kier molecular flexibility index (Phi) is 4.69. The highest BCUT2D eigenvalue weighted by Crippen LogP contribution is 2.32. The number of anilines is 3. The lowest BCUT2D eigenvalue weighted by Gasteiger charge is -2.16. The van der Waals surface area contributed by atoms with Crippen LogP contribution in [0.5, 0.6) is 5.88 Å². The van der Waals surface area contributed by atoms with Crippen LogP contribution in [-0.4, -0.2) is 78.7 Å². The van der Waals surface area contributed by atoms with Gasteiger partial charge < -0.3 is 24.8 Å². The molecular formula is C19H26FN9O. The largest absolute Gasteiger partial charge is 0.491 e. The lowest BCUT2D eigenvalue weighted by Crippen LogP contribution is -2.23. The lowest BCUT2D eigenvalue weighted by atomic mass is 10.3. The van der Waals surface area contributed by atoms with Crippen molar-refractivity contribution in [1.29, 1.82) is 0 Å². The van der Waals surface area contributed by atoms with Gasteiger partial charge in [-0.15, -0.1) is 5.10 Å². The molecule has 2 aliphatic rings. The predicted molar refractivity (Wildman–Crippen MR) is 111 cm³/mol. The fraction of sp³-hybridized carbons (Fsp3) is 0.579. The van der Waals surface area contributed by atoms with Crippen LogP contribution in [0.4, 0.5) is 21.8 Å². The summed E-state index contributed by atoms with van der Waals surface area (Å²) in [7, 11) is 2.08. The molecule has 30 heavy (non-hydrogen) atoms. The molecule has 160 valence electrons. The summed E-state index contributed by atoms with van der Waals surface area (Å²) in [6.07, 6.45) is 4.11. The highest BCUT2D eigenvalue weighted by molar-refractivity contribution is 5.87. The Bertz CT molecular complexity index is 1060. The molecular weight excluding hydrogens is 389 g/mol. The maximum absolute atomic E-state index is 13.8. The van der Waals surface area contributed by atoms with Crippen LogP contribution in [0.3, 0.4) is 0 Å². The summed E-state index contributed by atoms with van der Waals surface area (Å²) in [6.45, 7) is 5.47. The van der Waals surface area contributed by atoms with Gasteiger partial charge in [-0.1, -0.05) is 0 Å². The van der Waals surface area contributed by atoms with Gasteiger partial charge in [0.05, 0.1) is 25.1 Å². The number of nitrogens with one attached hydrogen (secondary N) is 1. The topological polar surface area (TPSA) is 100 Å². The molecule has 2 saturated heterocycles. The van der Waals surface area contributed by atoms with Gasteiger partial charge in [-0.25, -0.2) is 9.37 Å². The number of halogens is 1. The van der Waals surface area contributed by atoms with Gasteiger partial charge >= 0.3 is 0 Å². The summed E-state index contributed by atoms with van der Waals surface area (Å²) < 4.78 is 17.5. The van der Waals surface area contributed by atoms with Crippen LogP contribution in [-0.2, 0) is 6.54 Å². The highest BCUT2D eigenvalue weighted by atomic mass is 19.1. The van der Waals surface area contributed by atoms with Crippen molar-refractivity contribution >= 4 is 28.6 Å². The van der Waals surface area contributed by atoms with Gasteiger partial charge in [-0.2, -0.15) is 9.97 Å². The normalized spacial score (nSPS) is 22.4.